The molecule has 1 aliphatic rings. The number of rotatable bonds is 2. The smallest absolute Gasteiger partial charge is 0.256 e. The van der Waals surface area contributed by atoms with Gasteiger partial charge >= 0.3 is 0 Å². The summed E-state index contributed by atoms with van der Waals surface area (Å²) < 4.78 is 12.5. The number of benzene rings is 1. The first-order valence-electron chi connectivity index (χ1n) is 8.38. The van der Waals surface area contributed by atoms with Gasteiger partial charge in [0.1, 0.15) is 5.82 Å². The first kappa shape index (κ1) is 17.3. The van der Waals surface area contributed by atoms with E-state index < -0.39 is 0 Å². The van der Waals surface area contributed by atoms with Gasteiger partial charge in [-0.05, 0) is 39.0 Å². The van der Waals surface area contributed by atoms with Crippen molar-refractivity contribution in [2.24, 2.45) is 0 Å². The molecule has 25 heavy (non-hydrogen) atoms. The zero-order valence-electron chi connectivity index (χ0n) is 15.6. The number of nitrogens with one attached hydrogen (secondary N) is 1. The van der Waals surface area contributed by atoms with Gasteiger partial charge in [-0.15, -0.1) is 0 Å². The van der Waals surface area contributed by atoms with Crippen LogP contribution in [0.3, 0.4) is 0 Å². The summed E-state index contributed by atoms with van der Waals surface area (Å²) in [6.07, 6.45) is 0. The molecular formula is C19H25N3O3. The lowest BCUT2D eigenvalue weighted by Crippen LogP contribution is -2.27. The molecule has 0 bridgehead atoms. The minimum absolute atomic E-state index is 0.102. The van der Waals surface area contributed by atoms with Gasteiger partial charge in [-0.25, -0.2) is 4.68 Å². The molecule has 2 heterocycles. The van der Waals surface area contributed by atoms with Crippen LogP contribution in [0.2, 0.25) is 0 Å². The Morgan fingerprint density at radius 2 is 1.76 bits per heavy atom. The zero-order chi connectivity index (χ0) is 18.4. The van der Waals surface area contributed by atoms with Crippen LogP contribution in [0.1, 0.15) is 57.6 Å². The Balaban J connectivity index is 1.91. The van der Waals surface area contributed by atoms with Crippen molar-refractivity contribution in [2.75, 3.05) is 12.1 Å². The van der Waals surface area contributed by atoms with Crippen LogP contribution in [-0.4, -0.2) is 22.5 Å². The Labute approximate surface area is 148 Å². The maximum atomic E-state index is 12.7. The van der Waals surface area contributed by atoms with Crippen molar-refractivity contribution in [3.8, 4) is 11.5 Å². The summed E-state index contributed by atoms with van der Waals surface area (Å²) in [6, 6.07) is 7.11. The SMILES string of the molecule is CC(C)(C)c1cc(NC(=O)c2ccc3c(c2)OCO3)n(C(C)(C)C)n1. The van der Waals surface area contributed by atoms with E-state index >= 15 is 0 Å². The van der Waals surface area contributed by atoms with Crippen molar-refractivity contribution in [3.63, 3.8) is 0 Å². The molecule has 0 unspecified atom stereocenters. The van der Waals surface area contributed by atoms with Gasteiger partial charge in [0.15, 0.2) is 11.5 Å². The van der Waals surface area contributed by atoms with E-state index in [1.54, 1.807) is 18.2 Å². The third-order valence-corrected chi connectivity index (χ3v) is 3.99. The molecular weight excluding hydrogens is 318 g/mol. The summed E-state index contributed by atoms with van der Waals surface area (Å²) in [5.74, 6) is 1.72. The third-order valence-electron chi connectivity index (χ3n) is 3.99. The number of ether oxygens (including phenoxy) is 2. The predicted molar refractivity (Wildman–Crippen MR) is 96.4 cm³/mol. The fraction of sp³-hybridized carbons (Fsp3) is 0.474. The van der Waals surface area contributed by atoms with Crippen LogP contribution in [0, 0.1) is 0 Å². The zero-order valence-corrected chi connectivity index (χ0v) is 15.6. The van der Waals surface area contributed by atoms with Crippen molar-refractivity contribution in [1.29, 1.82) is 0 Å². The van der Waals surface area contributed by atoms with E-state index in [1.165, 1.54) is 0 Å². The van der Waals surface area contributed by atoms with Crippen LogP contribution >= 0.6 is 0 Å². The van der Waals surface area contributed by atoms with Gasteiger partial charge in [-0.1, -0.05) is 20.8 Å². The number of nitrogens with zero attached hydrogens (tertiary/aromatic N) is 2. The third kappa shape index (κ3) is 3.48. The Kier molecular flexibility index (Phi) is 4.01. The van der Waals surface area contributed by atoms with Gasteiger partial charge in [0.2, 0.25) is 6.79 Å². The second-order valence-corrected chi connectivity index (χ2v) is 8.27. The minimum atomic E-state index is -0.249. The first-order chi connectivity index (χ1) is 11.6. The van der Waals surface area contributed by atoms with E-state index in [9.17, 15) is 4.79 Å². The predicted octanol–water partition coefficient (Wildman–Crippen LogP) is 3.92. The topological polar surface area (TPSA) is 65.4 Å². The molecule has 0 aliphatic carbocycles. The molecule has 6 heteroatoms. The van der Waals surface area contributed by atoms with Crippen LogP contribution in [0.15, 0.2) is 24.3 Å². The highest BCUT2D eigenvalue weighted by molar-refractivity contribution is 6.04. The number of hydrogen-bond acceptors (Lipinski definition) is 4. The second-order valence-electron chi connectivity index (χ2n) is 8.27. The molecule has 0 spiro atoms. The molecule has 134 valence electrons. The molecule has 3 rings (SSSR count). The van der Waals surface area contributed by atoms with Crippen LogP contribution in [0.4, 0.5) is 5.82 Å². The highest BCUT2D eigenvalue weighted by atomic mass is 16.7. The molecule has 0 radical (unpaired) electrons. The first-order valence-corrected chi connectivity index (χ1v) is 8.38. The number of carbonyl (C=O) groups is 1. The highest BCUT2D eigenvalue weighted by Crippen LogP contribution is 2.33. The van der Waals surface area contributed by atoms with E-state index in [2.05, 4.69) is 46.9 Å². The molecule has 1 N–H and O–H groups in total. The second kappa shape index (κ2) is 5.79. The normalized spacial score (nSPS) is 13.8. The molecule has 1 amide bonds. The van der Waals surface area contributed by atoms with E-state index in [0.717, 1.165) is 5.69 Å². The van der Waals surface area contributed by atoms with E-state index in [1.807, 2.05) is 10.7 Å². The van der Waals surface area contributed by atoms with E-state index in [0.29, 0.717) is 22.9 Å². The molecule has 2 aromatic rings. The molecule has 1 aliphatic heterocycles. The Bertz CT molecular complexity index is 810. The molecule has 0 atom stereocenters. The maximum Gasteiger partial charge on any atom is 0.256 e. The fourth-order valence-corrected chi connectivity index (χ4v) is 2.57. The molecule has 0 saturated carbocycles. The van der Waals surface area contributed by atoms with E-state index in [-0.39, 0.29) is 23.7 Å². The summed E-state index contributed by atoms with van der Waals surface area (Å²) in [6.45, 7) is 12.7. The van der Waals surface area contributed by atoms with E-state index in [4.69, 9.17) is 14.6 Å². The summed E-state index contributed by atoms with van der Waals surface area (Å²) in [4.78, 5) is 12.7. The lowest BCUT2D eigenvalue weighted by Gasteiger charge is -2.23. The Morgan fingerprint density at radius 1 is 1.08 bits per heavy atom. The molecule has 0 saturated heterocycles. The van der Waals surface area contributed by atoms with Crippen molar-refractivity contribution in [3.05, 3.63) is 35.5 Å². The lowest BCUT2D eigenvalue weighted by atomic mass is 9.92. The molecule has 6 nitrogen and oxygen atoms in total. The quantitative estimate of drug-likeness (QED) is 0.898. The number of hydrogen-bond donors (Lipinski definition) is 1. The molecule has 1 aromatic carbocycles. The number of fused-ring (bicyclic) bond motifs is 1. The van der Waals surface area contributed by atoms with Gasteiger partial charge in [0.05, 0.1) is 11.2 Å². The van der Waals surface area contributed by atoms with Crippen molar-refractivity contribution >= 4 is 11.7 Å². The number of amides is 1. The monoisotopic (exact) mass is 343 g/mol. The Hall–Kier alpha value is -2.50. The van der Waals surface area contributed by atoms with Gasteiger partial charge < -0.3 is 14.8 Å². The van der Waals surface area contributed by atoms with Crippen LogP contribution in [0.5, 0.6) is 11.5 Å². The molecule has 0 fully saturated rings. The summed E-state index contributed by atoms with van der Waals surface area (Å²) in [5, 5.41) is 7.70. The lowest BCUT2D eigenvalue weighted by molar-refractivity contribution is 0.102. The Morgan fingerprint density at radius 3 is 2.40 bits per heavy atom. The minimum Gasteiger partial charge on any atom is -0.454 e. The number of aromatic nitrogens is 2. The van der Waals surface area contributed by atoms with Crippen LogP contribution in [0.25, 0.3) is 0 Å². The standard InChI is InChI=1S/C19H25N3O3/c1-18(2,3)15-10-16(22(21-15)19(4,5)6)20-17(23)12-7-8-13-14(9-12)25-11-24-13/h7-10H,11H2,1-6H3,(H,20,23). The largest absolute Gasteiger partial charge is 0.454 e. The van der Waals surface area contributed by atoms with Crippen molar-refractivity contribution in [1.82, 2.24) is 9.78 Å². The van der Waals surface area contributed by atoms with Gasteiger partial charge in [0, 0.05) is 17.0 Å². The van der Waals surface area contributed by atoms with Crippen LogP contribution < -0.4 is 14.8 Å². The summed E-state index contributed by atoms with van der Waals surface area (Å²) in [7, 11) is 0. The molecule has 1 aromatic heterocycles. The van der Waals surface area contributed by atoms with Crippen molar-refractivity contribution < 1.29 is 14.3 Å². The highest BCUT2D eigenvalue weighted by Gasteiger charge is 2.26. The number of anilines is 1. The van der Waals surface area contributed by atoms with Gasteiger partial charge in [-0.3, -0.25) is 4.79 Å². The fourth-order valence-electron chi connectivity index (χ4n) is 2.57. The summed E-state index contributed by atoms with van der Waals surface area (Å²) >= 11 is 0. The summed E-state index contributed by atoms with van der Waals surface area (Å²) in [5.41, 5.74) is 1.10. The maximum absolute atomic E-state index is 12.7. The average molecular weight is 343 g/mol. The number of carbonyl (C=O) groups excluding carboxylic acids is 1. The van der Waals surface area contributed by atoms with Crippen LogP contribution in [-0.2, 0) is 11.0 Å². The van der Waals surface area contributed by atoms with Crippen molar-refractivity contribution in [2.45, 2.75) is 52.5 Å². The average Bonchev–Trinajstić information content (AvgIpc) is 3.11. The van der Waals surface area contributed by atoms with Gasteiger partial charge in [0.25, 0.3) is 5.91 Å². The van der Waals surface area contributed by atoms with Gasteiger partial charge in [-0.2, -0.15) is 5.10 Å².